The summed E-state index contributed by atoms with van der Waals surface area (Å²) in [5.74, 6) is 5.68. The standard InChI is InChI=1S/C14H19ClN4/c1-10-9-11(15)3-5-13(10)14(18-16)6-4-12-7-8-17-19(12)2/h3,5,7-9,14,18H,4,6,16H2,1-2H3. The third-order valence-corrected chi connectivity index (χ3v) is 3.66. The molecule has 1 atom stereocenters. The third-order valence-electron chi connectivity index (χ3n) is 3.42. The molecule has 5 heteroatoms. The fourth-order valence-electron chi connectivity index (χ4n) is 2.30. The highest BCUT2D eigenvalue weighted by Gasteiger charge is 2.13. The molecule has 2 aromatic rings. The zero-order chi connectivity index (χ0) is 13.8. The van der Waals surface area contributed by atoms with Crippen molar-refractivity contribution in [2.75, 3.05) is 0 Å². The molecule has 1 heterocycles. The molecule has 0 radical (unpaired) electrons. The van der Waals surface area contributed by atoms with Crippen molar-refractivity contribution in [2.45, 2.75) is 25.8 Å². The summed E-state index contributed by atoms with van der Waals surface area (Å²) in [4.78, 5) is 0. The molecule has 0 aliphatic carbocycles. The maximum Gasteiger partial charge on any atom is 0.0492 e. The van der Waals surface area contributed by atoms with Gasteiger partial charge in [-0.1, -0.05) is 17.7 Å². The van der Waals surface area contributed by atoms with E-state index in [1.54, 1.807) is 0 Å². The summed E-state index contributed by atoms with van der Waals surface area (Å²) in [7, 11) is 1.95. The van der Waals surface area contributed by atoms with Gasteiger partial charge in [-0.15, -0.1) is 0 Å². The minimum atomic E-state index is 0.118. The molecule has 1 unspecified atom stereocenters. The van der Waals surface area contributed by atoms with Gasteiger partial charge in [0.15, 0.2) is 0 Å². The van der Waals surface area contributed by atoms with Crippen molar-refractivity contribution in [1.29, 1.82) is 0 Å². The average Bonchev–Trinajstić information content (AvgIpc) is 2.78. The number of benzene rings is 1. The SMILES string of the molecule is Cc1cc(Cl)ccc1C(CCc1ccnn1C)NN. The number of halogens is 1. The minimum absolute atomic E-state index is 0.118. The molecule has 4 nitrogen and oxygen atoms in total. The first-order chi connectivity index (χ1) is 9.11. The van der Waals surface area contributed by atoms with Crippen molar-refractivity contribution in [2.24, 2.45) is 12.9 Å². The third kappa shape index (κ3) is 3.35. The van der Waals surface area contributed by atoms with Gasteiger partial charge < -0.3 is 0 Å². The van der Waals surface area contributed by atoms with Gasteiger partial charge in [-0.25, -0.2) is 0 Å². The molecule has 19 heavy (non-hydrogen) atoms. The van der Waals surface area contributed by atoms with Gasteiger partial charge in [-0.05, 0) is 49.1 Å². The van der Waals surface area contributed by atoms with Crippen LogP contribution in [0.5, 0.6) is 0 Å². The van der Waals surface area contributed by atoms with Gasteiger partial charge in [0.05, 0.1) is 0 Å². The van der Waals surface area contributed by atoms with E-state index in [4.69, 9.17) is 17.4 Å². The summed E-state index contributed by atoms with van der Waals surface area (Å²) >= 11 is 5.98. The zero-order valence-corrected chi connectivity index (χ0v) is 12.0. The first-order valence-electron chi connectivity index (χ1n) is 6.31. The molecular formula is C14H19ClN4. The van der Waals surface area contributed by atoms with E-state index in [0.29, 0.717) is 0 Å². The summed E-state index contributed by atoms with van der Waals surface area (Å²) in [5, 5.41) is 4.92. The lowest BCUT2D eigenvalue weighted by Crippen LogP contribution is -2.29. The van der Waals surface area contributed by atoms with E-state index >= 15 is 0 Å². The van der Waals surface area contributed by atoms with Crippen LogP contribution in [0.25, 0.3) is 0 Å². The first kappa shape index (κ1) is 14.1. The topological polar surface area (TPSA) is 55.9 Å². The van der Waals surface area contributed by atoms with Crippen LogP contribution in [0.15, 0.2) is 30.5 Å². The van der Waals surface area contributed by atoms with Crippen molar-refractivity contribution in [3.05, 3.63) is 52.3 Å². The van der Waals surface area contributed by atoms with Crippen molar-refractivity contribution < 1.29 is 0 Å². The predicted molar refractivity (Wildman–Crippen MR) is 77.8 cm³/mol. The minimum Gasteiger partial charge on any atom is -0.273 e. The van der Waals surface area contributed by atoms with Crippen LogP contribution in [0.3, 0.4) is 0 Å². The van der Waals surface area contributed by atoms with Gasteiger partial charge in [0.1, 0.15) is 0 Å². The molecule has 0 aliphatic heterocycles. The number of hydrazine groups is 1. The summed E-state index contributed by atoms with van der Waals surface area (Å²) in [6.07, 6.45) is 3.65. The molecule has 1 aromatic carbocycles. The zero-order valence-electron chi connectivity index (χ0n) is 11.2. The number of aromatic nitrogens is 2. The van der Waals surface area contributed by atoms with Gasteiger partial charge in [-0.3, -0.25) is 16.0 Å². The molecule has 2 rings (SSSR count). The summed E-state index contributed by atoms with van der Waals surface area (Å²) in [6, 6.07) is 8.05. The molecule has 0 bridgehead atoms. The Morgan fingerprint density at radius 1 is 1.42 bits per heavy atom. The van der Waals surface area contributed by atoms with Crippen molar-refractivity contribution in [3.8, 4) is 0 Å². The molecule has 0 amide bonds. The van der Waals surface area contributed by atoms with Gasteiger partial charge in [0.2, 0.25) is 0 Å². The molecule has 0 fully saturated rings. The lowest BCUT2D eigenvalue weighted by molar-refractivity contribution is 0.505. The van der Waals surface area contributed by atoms with E-state index in [2.05, 4.69) is 17.4 Å². The predicted octanol–water partition coefficient (Wildman–Crippen LogP) is 2.52. The average molecular weight is 279 g/mol. The monoisotopic (exact) mass is 278 g/mol. The maximum atomic E-state index is 5.98. The molecule has 0 spiro atoms. The molecule has 1 aromatic heterocycles. The Morgan fingerprint density at radius 3 is 2.79 bits per heavy atom. The lowest BCUT2D eigenvalue weighted by atomic mass is 9.97. The number of rotatable bonds is 5. The Kier molecular flexibility index (Phi) is 4.58. The fourth-order valence-corrected chi connectivity index (χ4v) is 2.52. The Bertz CT molecular complexity index is 550. The van der Waals surface area contributed by atoms with Gasteiger partial charge in [0.25, 0.3) is 0 Å². The van der Waals surface area contributed by atoms with E-state index in [1.165, 1.54) is 11.3 Å². The van der Waals surface area contributed by atoms with Gasteiger partial charge in [0, 0.05) is 30.0 Å². The number of aryl methyl sites for hydroxylation is 3. The molecule has 3 N–H and O–H groups in total. The van der Waals surface area contributed by atoms with Crippen molar-refractivity contribution in [1.82, 2.24) is 15.2 Å². The smallest absolute Gasteiger partial charge is 0.0492 e. The van der Waals surface area contributed by atoms with Crippen LogP contribution in [0.1, 0.15) is 29.3 Å². The first-order valence-corrected chi connectivity index (χ1v) is 6.68. The fraction of sp³-hybridized carbons (Fsp3) is 0.357. The van der Waals surface area contributed by atoms with Gasteiger partial charge in [-0.2, -0.15) is 5.10 Å². The largest absolute Gasteiger partial charge is 0.273 e. The number of hydrogen-bond acceptors (Lipinski definition) is 3. The Labute approximate surface area is 118 Å². The Hall–Kier alpha value is -1.36. The van der Waals surface area contributed by atoms with Gasteiger partial charge >= 0.3 is 0 Å². The summed E-state index contributed by atoms with van der Waals surface area (Å²) in [5.41, 5.74) is 6.43. The lowest BCUT2D eigenvalue weighted by Gasteiger charge is -2.18. The van der Waals surface area contributed by atoms with Crippen LogP contribution in [0, 0.1) is 6.92 Å². The van der Waals surface area contributed by atoms with Crippen LogP contribution in [-0.2, 0) is 13.5 Å². The highest BCUT2D eigenvalue weighted by Crippen LogP contribution is 2.24. The second-order valence-corrected chi connectivity index (χ2v) is 5.14. The molecule has 102 valence electrons. The normalized spacial score (nSPS) is 12.6. The molecule has 0 saturated heterocycles. The second kappa shape index (κ2) is 6.19. The second-order valence-electron chi connectivity index (χ2n) is 4.70. The van der Waals surface area contributed by atoms with Crippen molar-refractivity contribution >= 4 is 11.6 Å². The maximum absolute atomic E-state index is 5.98. The summed E-state index contributed by atoms with van der Waals surface area (Å²) < 4.78 is 1.89. The molecule has 0 aliphatic rings. The van der Waals surface area contributed by atoms with Crippen LogP contribution in [-0.4, -0.2) is 9.78 Å². The van der Waals surface area contributed by atoms with Crippen LogP contribution in [0.2, 0.25) is 5.02 Å². The van der Waals surface area contributed by atoms with E-state index in [9.17, 15) is 0 Å². The van der Waals surface area contributed by atoms with E-state index in [0.717, 1.165) is 23.4 Å². The van der Waals surface area contributed by atoms with Crippen LogP contribution in [0.4, 0.5) is 0 Å². The molecular weight excluding hydrogens is 260 g/mol. The highest BCUT2D eigenvalue weighted by atomic mass is 35.5. The number of nitrogens with zero attached hydrogens (tertiary/aromatic N) is 2. The van der Waals surface area contributed by atoms with Crippen LogP contribution < -0.4 is 11.3 Å². The van der Waals surface area contributed by atoms with E-state index < -0.39 is 0 Å². The highest BCUT2D eigenvalue weighted by molar-refractivity contribution is 6.30. The Balaban J connectivity index is 2.10. The number of hydrogen-bond donors (Lipinski definition) is 2. The number of nitrogens with two attached hydrogens (primary N) is 1. The quantitative estimate of drug-likeness (QED) is 0.653. The van der Waals surface area contributed by atoms with Crippen molar-refractivity contribution in [3.63, 3.8) is 0 Å². The van der Waals surface area contributed by atoms with Crippen LogP contribution >= 0.6 is 11.6 Å². The van der Waals surface area contributed by atoms with E-state index in [-0.39, 0.29) is 6.04 Å². The number of nitrogens with one attached hydrogen (secondary N) is 1. The van der Waals surface area contributed by atoms with E-state index in [1.807, 2.05) is 42.2 Å². The summed E-state index contributed by atoms with van der Waals surface area (Å²) in [6.45, 7) is 2.05. The Morgan fingerprint density at radius 2 is 2.21 bits per heavy atom. The molecule has 0 saturated carbocycles.